The number of hydrogen-bond acceptors (Lipinski definition) is 4. The van der Waals surface area contributed by atoms with Crippen LogP contribution in [0.15, 0.2) is 29.4 Å². The lowest BCUT2D eigenvalue weighted by molar-refractivity contribution is -0.114. The first-order chi connectivity index (χ1) is 9.13. The van der Waals surface area contributed by atoms with E-state index in [1.54, 1.807) is 11.8 Å². The fourth-order valence-corrected chi connectivity index (χ4v) is 3.13. The van der Waals surface area contributed by atoms with Crippen LogP contribution in [0.4, 0.5) is 5.69 Å². The number of anilines is 1. The van der Waals surface area contributed by atoms with Gasteiger partial charge in [0.15, 0.2) is 11.0 Å². The molecule has 0 saturated carbocycles. The molecular formula is C13H14N4OS. The number of benzene rings is 1. The molecule has 1 aromatic heterocycles. The Morgan fingerprint density at radius 3 is 3.11 bits per heavy atom. The second kappa shape index (κ2) is 4.70. The first-order valence-electron chi connectivity index (χ1n) is 6.11. The first kappa shape index (κ1) is 12.2. The fourth-order valence-electron chi connectivity index (χ4n) is 2.17. The number of carbonyl (C=O) groups excluding carboxylic acids is 1. The Morgan fingerprint density at radius 2 is 2.32 bits per heavy atom. The number of thioether (sulfide) groups is 1. The van der Waals surface area contributed by atoms with Crippen molar-refractivity contribution in [2.75, 3.05) is 5.32 Å². The summed E-state index contributed by atoms with van der Waals surface area (Å²) in [6.45, 7) is 4.60. The quantitative estimate of drug-likeness (QED) is 0.913. The number of aromatic nitrogens is 3. The Kier molecular flexibility index (Phi) is 3.02. The van der Waals surface area contributed by atoms with E-state index in [9.17, 15) is 4.79 Å². The molecule has 0 aliphatic carbocycles. The minimum Gasteiger partial charge on any atom is -0.326 e. The zero-order chi connectivity index (χ0) is 13.4. The van der Waals surface area contributed by atoms with Crippen LogP contribution in [0.25, 0.3) is 11.4 Å². The molecule has 0 spiro atoms. The van der Waals surface area contributed by atoms with Gasteiger partial charge in [0.05, 0.1) is 0 Å². The fraction of sp³-hybridized carbons (Fsp3) is 0.308. The van der Waals surface area contributed by atoms with Crippen LogP contribution in [0.2, 0.25) is 0 Å². The van der Waals surface area contributed by atoms with Crippen LogP contribution in [0.5, 0.6) is 0 Å². The Balaban J connectivity index is 1.97. The van der Waals surface area contributed by atoms with Gasteiger partial charge in [0.25, 0.3) is 0 Å². The number of amides is 1. The maximum atomic E-state index is 11.1. The van der Waals surface area contributed by atoms with E-state index in [-0.39, 0.29) is 5.91 Å². The van der Waals surface area contributed by atoms with Crippen LogP contribution in [-0.4, -0.2) is 25.9 Å². The van der Waals surface area contributed by atoms with Gasteiger partial charge < -0.3 is 9.88 Å². The molecule has 1 N–H and O–H groups in total. The van der Waals surface area contributed by atoms with Crippen LogP contribution in [0.3, 0.4) is 0 Å². The summed E-state index contributed by atoms with van der Waals surface area (Å²) in [5, 5.41) is 12.7. The third kappa shape index (κ3) is 2.35. The largest absolute Gasteiger partial charge is 0.326 e. The molecule has 0 radical (unpaired) electrons. The molecule has 1 aromatic carbocycles. The average Bonchev–Trinajstić information content (AvgIpc) is 2.87. The van der Waals surface area contributed by atoms with Crippen LogP contribution < -0.4 is 5.32 Å². The van der Waals surface area contributed by atoms with E-state index in [1.807, 2.05) is 24.3 Å². The maximum Gasteiger partial charge on any atom is 0.221 e. The van der Waals surface area contributed by atoms with Gasteiger partial charge in [0.2, 0.25) is 5.91 Å². The summed E-state index contributed by atoms with van der Waals surface area (Å²) in [6, 6.07) is 7.68. The monoisotopic (exact) mass is 274 g/mol. The van der Waals surface area contributed by atoms with E-state index < -0.39 is 0 Å². The van der Waals surface area contributed by atoms with Gasteiger partial charge in [-0.15, -0.1) is 10.2 Å². The van der Waals surface area contributed by atoms with Crippen molar-refractivity contribution in [2.24, 2.45) is 0 Å². The molecule has 5 nitrogen and oxygen atoms in total. The van der Waals surface area contributed by atoms with E-state index in [0.717, 1.165) is 28.8 Å². The van der Waals surface area contributed by atoms with Gasteiger partial charge in [-0.2, -0.15) is 0 Å². The minimum absolute atomic E-state index is 0.0761. The number of carbonyl (C=O) groups is 1. The number of nitrogens with zero attached hydrogens (tertiary/aromatic N) is 3. The Morgan fingerprint density at radius 1 is 1.47 bits per heavy atom. The van der Waals surface area contributed by atoms with Gasteiger partial charge in [-0.1, -0.05) is 30.8 Å². The van der Waals surface area contributed by atoms with Crippen LogP contribution >= 0.6 is 11.8 Å². The predicted molar refractivity (Wildman–Crippen MR) is 75.1 cm³/mol. The van der Waals surface area contributed by atoms with E-state index >= 15 is 0 Å². The van der Waals surface area contributed by atoms with E-state index in [4.69, 9.17) is 0 Å². The van der Waals surface area contributed by atoms with E-state index in [1.165, 1.54) is 6.92 Å². The van der Waals surface area contributed by atoms with Gasteiger partial charge in [-0.05, 0) is 12.1 Å². The van der Waals surface area contributed by atoms with E-state index in [2.05, 4.69) is 27.0 Å². The SMILES string of the molecule is CC(=O)Nc1cccc(-c2nnc3n2C[C@@H](C)S3)c1. The van der Waals surface area contributed by atoms with Gasteiger partial charge in [-0.25, -0.2) is 0 Å². The van der Waals surface area contributed by atoms with Gasteiger partial charge in [-0.3, -0.25) is 4.79 Å². The summed E-state index contributed by atoms with van der Waals surface area (Å²) in [6.07, 6.45) is 0. The molecule has 2 heterocycles. The maximum absolute atomic E-state index is 11.1. The van der Waals surface area contributed by atoms with Gasteiger partial charge in [0.1, 0.15) is 0 Å². The summed E-state index contributed by atoms with van der Waals surface area (Å²) in [5.41, 5.74) is 1.75. The van der Waals surface area contributed by atoms with Crippen molar-refractivity contribution < 1.29 is 4.79 Å². The highest BCUT2D eigenvalue weighted by Crippen LogP contribution is 2.34. The molecule has 6 heteroatoms. The second-order valence-corrected chi connectivity index (χ2v) is 6.01. The summed E-state index contributed by atoms with van der Waals surface area (Å²) in [4.78, 5) is 11.1. The summed E-state index contributed by atoms with van der Waals surface area (Å²) in [7, 11) is 0. The summed E-state index contributed by atoms with van der Waals surface area (Å²) in [5.74, 6) is 0.784. The first-order valence-corrected chi connectivity index (χ1v) is 6.99. The molecule has 1 atom stereocenters. The average molecular weight is 274 g/mol. The Hall–Kier alpha value is -1.82. The Bertz CT molecular complexity index is 637. The zero-order valence-corrected chi connectivity index (χ0v) is 11.6. The van der Waals surface area contributed by atoms with Crippen LogP contribution in [0.1, 0.15) is 13.8 Å². The number of rotatable bonds is 2. The van der Waals surface area contributed by atoms with Crippen molar-refractivity contribution in [2.45, 2.75) is 30.8 Å². The molecule has 98 valence electrons. The smallest absolute Gasteiger partial charge is 0.221 e. The van der Waals surface area contributed by atoms with Crippen LogP contribution in [-0.2, 0) is 11.3 Å². The molecule has 0 bridgehead atoms. The highest BCUT2D eigenvalue weighted by molar-refractivity contribution is 7.99. The van der Waals surface area contributed by atoms with E-state index in [0.29, 0.717) is 5.25 Å². The molecular weight excluding hydrogens is 260 g/mol. The van der Waals surface area contributed by atoms with Crippen molar-refractivity contribution in [3.63, 3.8) is 0 Å². The topological polar surface area (TPSA) is 59.8 Å². The Labute approximate surface area is 115 Å². The van der Waals surface area contributed by atoms with Crippen molar-refractivity contribution >= 4 is 23.4 Å². The van der Waals surface area contributed by atoms with Crippen LogP contribution in [0, 0.1) is 0 Å². The summed E-state index contributed by atoms with van der Waals surface area (Å²) >= 11 is 1.74. The lowest BCUT2D eigenvalue weighted by Crippen LogP contribution is -2.06. The molecule has 2 aromatic rings. The molecule has 1 aliphatic rings. The van der Waals surface area contributed by atoms with Crippen molar-refractivity contribution in [3.05, 3.63) is 24.3 Å². The van der Waals surface area contributed by atoms with Gasteiger partial charge in [0, 0.05) is 30.0 Å². The number of hydrogen-bond donors (Lipinski definition) is 1. The molecule has 19 heavy (non-hydrogen) atoms. The van der Waals surface area contributed by atoms with Crippen molar-refractivity contribution in [3.8, 4) is 11.4 Å². The highest BCUT2D eigenvalue weighted by Gasteiger charge is 2.24. The van der Waals surface area contributed by atoms with Gasteiger partial charge >= 0.3 is 0 Å². The molecule has 1 aliphatic heterocycles. The third-order valence-electron chi connectivity index (χ3n) is 2.90. The lowest BCUT2D eigenvalue weighted by Gasteiger charge is -2.06. The third-order valence-corrected chi connectivity index (χ3v) is 3.97. The zero-order valence-electron chi connectivity index (χ0n) is 10.8. The molecule has 0 saturated heterocycles. The standard InChI is InChI=1S/C13H14N4OS/c1-8-7-17-12(15-16-13(17)19-8)10-4-3-5-11(6-10)14-9(2)18/h3-6,8H,7H2,1-2H3,(H,14,18)/t8-/m1/s1. The molecule has 0 fully saturated rings. The minimum atomic E-state index is -0.0761. The summed E-state index contributed by atoms with van der Waals surface area (Å²) < 4.78 is 2.13. The predicted octanol–water partition coefficient (Wildman–Crippen LogP) is 2.40. The highest BCUT2D eigenvalue weighted by atomic mass is 32.2. The molecule has 3 rings (SSSR count). The van der Waals surface area contributed by atoms with Crippen molar-refractivity contribution in [1.29, 1.82) is 0 Å². The normalized spacial score (nSPS) is 17.3. The number of nitrogens with one attached hydrogen (secondary N) is 1. The lowest BCUT2D eigenvalue weighted by atomic mass is 10.2. The molecule has 1 amide bonds. The second-order valence-electron chi connectivity index (χ2n) is 4.61. The van der Waals surface area contributed by atoms with Crippen molar-refractivity contribution in [1.82, 2.24) is 14.8 Å². The molecule has 0 unspecified atom stereocenters. The number of fused-ring (bicyclic) bond motifs is 1.